The van der Waals surface area contributed by atoms with Crippen LogP contribution >= 0.6 is 11.6 Å². The van der Waals surface area contributed by atoms with Gasteiger partial charge in [-0.2, -0.15) is 0 Å². The Bertz CT molecular complexity index is 643. The fraction of sp³-hybridized carbons (Fsp3) is 0.231. The second-order valence-electron chi connectivity index (χ2n) is 4.77. The van der Waals surface area contributed by atoms with E-state index in [1.807, 2.05) is 0 Å². The third-order valence-electron chi connectivity index (χ3n) is 3.26. The van der Waals surface area contributed by atoms with E-state index in [1.165, 1.54) is 31.2 Å². The molecule has 3 amide bonds. The molecule has 0 bridgehead atoms. The monoisotopic (exact) mass is 309 g/mol. The van der Waals surface area contributed by atoms with Crippen molar-refractivity contribution < 1.29 is 14.5 Å². The predicted octanol–water partition coefficient (Wildman–Crippen LogP) is 2.11. The molecule has 0 aliphatic carbocycles. The van der Waals surface area contributed by atoms with Crippen molar-refractivity contribution in [2.75, 3.05) is 6.54 Å². The molecule has 0 saturated carbocycles. The molecule has 0 unspecified atom stereocenters. The number of benzene rings is 1. The number of nitrogens with zero attached hydrogens (tertiary/aromatic N) is 2. The normalized spacial score (nSPS) is 21.3. The Morgan fingerprint density at radius 2 is 2.00 bits per heavy atom. The van der Waals surface area contributed by atoms with Crippen molar-refractivity contribution in [3.8, 4) is 0 Å². The lowest BCUT2D eigenvalue weighted by Crippen LogP contribution is -2.41. The van der Waals surface area contributed by atoms with Crippen molar-refractivity contribution in [2.24, 2.45) is 0 Å². The minimum absolute atomic E-state index is 0.0885. The maximum absolute atomic E-state index is 12.4. The minimum Gasteiger partial charge on any atom is -0.319 e. The van der Waals surface area contributed by atoms with Crippen LogP contribution in [0.2, 0.25) is 0 Å². The van der Waals surface area contributed by atoms with Gasteiger partial charge in [-0.3, -0.25) is 19.8 Å². The maximum Gasteiger partial charge on any atom is 0.325 e. The first kappa shape index (κ1) is 15.0. The lowest BCUT2D eigenvalue weighted by Gasteiger charge is -2.22. The van der Waals surface area contributed by atoms with E-state index in [2.05, 4.69) is 11.9 Å². The molecule has 1 aromatic carbocycles. The number of amides is 3. The number of carbonyl (C=O) groups is 2. The van der Waals surface area contributed by atoms with Crippen molar-refractivity contribution in [3.05, 3.63) is 51.6 Å². The average Bonchev–Trinajstić information content (AvgIpc) is 2.63. The highest BCUT2D eigenvalue weighted by atomic mass is 35.5. The van der Waals surface area contributed by atoms with Crippen LogP contribution in [0.15, 0.2) is 35.9 Å². The molecule has 1 heterocycles. The van der Waals surface area contributed by atoms with Gasteiger partial charge in [0.05, 0.1) is 11.5 Å². The summed E-state index contributed by atoms with van der Waals surface area (Å²) in [5.74, 6) is -0.483. The van der Waals surface area contributed by atoms with Crippen molar-refractivity contribution in [2.45, 2.75) is 12.5 Å². The van der Waals surface area contributed by atoms with E-state index in [1.54, 1.807) is 0 Å². The zero-order valence-electron chi connectivity index (χ0n) is 11.1. The average molecular weight is 310 g/mol. The zero-order chi connectivity index (χ0) is 15.8. The van der Waals surface area contributed by atoms with E-state index >= 15 is 0 Å². The number of rotatable bonds is 4. The molecule has 21 heavy (non-hydrogen) atoms. The van der Waals surface area contributed by atoms with E-state index in [0.29, 0.717) is 5.56 Å². The Labute approximate surface area is 125 Å². The van der Waals surface area contributed by atoms with Gasteiger partial charge in [0.15, 0.2) is 0 Å². The summed E-state index contributed by atoms with van der Waals surface area (Å²) in [6.07, 6.45) is 0. The number of hydrogen-bond acceptors (Lipinski definition) is 4. The minimum atomic E-state index is -1.28. The van der Waals surface area contributed by atoms with E-state index < -0.39 is 22.4 Å². The smallest absolute Gasteiger partial charge is 0.319 e. The van der Waals surface area contributed by atoms with Crippen LogP contribution in [0.4, 0.5) is 10.5 Å². The quantitative estimate of drug-likeness (QED) is 0.524. The van der Waals surface area contributed by atoms with Gasteiger partial charge in [0, 0.05) is 17.2 Å². The Morgan fingerprint density at radius 1 is 1.43 bits per heavy atom. The molecule has 1 aromatic rings. The number of nitro benzene ring substituents is 1. The molecule has 1 fully saturated rings. The van der Waals surface area contributed by atoms with Gasteiger partial charge in [0.25, 0.3) is 11.6 Å². The number of imide groups is 1. The molecule has 1 atom stereocenters. The number of halogens is 1. The summed E-state index contributed by atoms with van der Waals surface area (Å²) in [7, 11) is 0. The number of nitrogens with one attached hydrogen (secondary N) is 1. The van der Waals surface area contributed by atoms with Crippen molar-refractivity contribution >= 4 is 29.2 Å². The molecule has 0 spiro atoms. The molecule has 1 aliphatic heterocycles. The summed E-state index contributed by atoms with van der Waals surface area (Å²) in [4.78, 5) is 35.3. The van der Waals surface area contributed by atoms with Crippen molar-refractivity contribution in [1.29, 1.82) is 0 Å². The lowest BCUT2D eigenvalue weighted by molar-refractivity contribution is -0.384. The van der Waals surface area contributed by atoms with Gasteiger partial charge in [-0.05, 0) is 24.6 Å². The van der Waals surface area contributed by atoms with E-state index in [4.69, 9.17) is 11.6 Å². The molecule has 2 rings (SSSR count). The second-order valence-corrected chi connectivity index (χ2v) is 5.30. The SMILES string of the molecule is C=C(Cl)CN1C(=O)N[C@](C)(c2ccc([N+](=O)[O-])cc2)C1=O. The third kappa shape index (κ3) is 2.59. The largest absolute Gasteiger partial charge is 0.325 e. The maximum atomic E-state index is 12.4. The highest BCUT2D eigenvalue weighted by molar-refractivity contribution is 6.30. The summed E-state index contributed by atoms with van der Waals surface area (Å²) >= 11 is 5.64. The Hall–Kier alpha value is -2.41. The number of hydrogen-bond donors (Lipinski definition) is 1. The molecular formula is C13H12ClN3O4. The van der Waals surface area contributed by atoms with Gasteiger partial charge in [0.1, 0.15) is 5.54 Å². The fourth-order valence-electron chi connectivity index (χ4n) is 2.12. The van der Waals surface area contributed by atoms with Crippen LogP contribution in [0, 0.1) is 10.1 Å². The molecule has 1 N–H and O–H groups in total. The fourth-order valence-corrected chi connectivity index (χ4v) is 2.24. The number of carbonyl (C=O) groups excluding carboxylic acids is 2. The van der Waals surface area contributed by atoms with Crippen LogP contribution in [0.1, 0.15) is 12.5 Å². The Balaban J connectivity index is 2.34. The van der Waals surface area contributed by atoms with Crippen LogP contribution < -0.4 is 5.32 Å². The topological polar surface area (TPSA) is 92.6 Å². The highest BCUT2D eigenvalue weighted by Gasteiger charge is 2.48. The standard InChI is InChI=1S/C13H12ClN3O4/c1-8(14)7-16-11(18)13(2,15-12(16)19)9-3-5-10(6-4-9)17(20)21/h3-6H,1,7H2,2H3,(H,15,19)/t13-/m1/s1. The van der Waals surface area contributed by atoms with Gasteiger partial charge < -0.3 is 5.32 Å². The number of nitro groups is 1. The number of non-ortho nitro benzene ring substituents is 1. The third-order valence-corrected chi connectivity index (χ3v) is 3.38. The molecule has 1 aliphatic rings. The Kier molecular flexibility index (Phi) is 3.69. The summed E-state index contributed by atoms with van der Waals surface area (Å²) in [5.41, 5.74) is -0.919. The molecular weight excluding hydrogens is 298 g/mol. The Morgan fingerprint density at radius 3 is 2.48 bits per heavy atom. The van der Waals surface area contributed by atoms with E-state index in [0.717, 1.165) is 4.90 Å². The van der Waals surface area contributed by atoms with Gasteiger partial charge in [-0.25, -0.2) is 4.79 Å². The summed E-state index contributed by atoms with van der Waals surface area (Å²) < 4.78 is 0. The van der Waals surface area contributed by atoms with Gasteiger partial charge in [0.2, 0.25) is 0 Å². The van der Waals surface area contributed by atoms with Crippen molar-refractivity contribution in [3.63, 3.8) is 0 Å². The van der Waals surface area contributed by atoms with Crippen LogP contribution in [0.25, 0.3) is 0 Å². The van der Waals surface area contributed by atoms with Crippen LogP contribution in [0.5, 0.6) is 0 Å². The zero-order valence-corrected chi connectivity index (χ0v) is 11.9. The molecule has 0 radical (unpaired) electrons. The molecule has 1 saturated heterocycles. The van der Waals surface area contributed by atoms with Gasteiger partial charge >= 0.3 is 6.03 Å². The van der Waals surface area contributed by atoms with E-state index in [-0.39, 0.29) is 17.3 Å². The number of urea groups is 1. The molecule has 110 valence electrons. The first-order chi connectivity index (χ1) is 9.75. The predicted molar refractivity (Wildman–Crippen MR) is 75.7 cm³/mol. The van der Waals surface area contributed by atoms with Crippen LogP contribution in [0.3, 0.4) is 0 Å². The van der Waals surface area contributed by atoms with Crippen LogP contribution in [-0.4, -0.2) is 28.3 Å². The van der Waals surface area contributed by atoms with Crippen LogP contribution in [-0.2, 0) is 10.3 Å². The van der Waals surface area contributed by atoms with Gasteiger partial charge in [-0.15, -0.1) is 0 Å². The summed E-state index contributed by atoms with van der Waals surface area (Å²) in [5, 5.41) is 13.4. The highest BCUT2D eigenvalue weighted by Crippen LogP contribution is 2.30. The molecule has 0 aromatic heterocycles. The lowest BCUT2D eigenvalue weighted by atomic mass is 9.92. The first-order valence-corrected chi connectivity index (χ1v) is 6.36. The molecule has 8 heteroatoms. The summed E-state index contributed by atoms with van der Waals surface area (Å²) in [6, 6.07) is 4.86. The van der Waals surface area contributed by atoms with Gasteiger partial charge in [-0.1, -0.05) is 18.2 Å². The van der Waals surface area contributed by atoms with Crippen molar-refractivity contribution in [1.82, 2.24) is 10.2 Å². The second kappa shape index (κ2) is 5.17. The van der Waals surface area contributed by atoms with E-state index in [9.17, 15) is 19.7 Å². The first-order valence-electron chi connectivity index (χ1n) is 5.98. The summed E-state index contributed by atoms with van der Waals surface area (Å²) in [6.45, 7) is 4.90. The molecule has 7 nitrogen and oxygen atoms in total.